The van der Waals surface area contributed by atoms with Crippen molar-refractivity contribution in [1.82, 2.24) is 9.55 Å². The molecule has 84 valence electrons. The molecule has 2 N–H and O–H groups in total. The quantitative estimate of drug-likeness (QED) is 0.838. The monoisotopic (exact) mass is 219 g/mol. The molecule has 0 amide bonds. The summed E-state index contributed by atoms with van der Waals surface area (Å²) in [6.07, 6.45) is 3.38. The summed E-state index contributed by atoms with van der Waals surface area (Å²) >= 11 is 0. The highest BCUT2D eigenvalue weighted by Crippen LogP contribution is 2.20. The van der Waals surface area contributed by atoms with E-state index in [-0.39, 0.29) is 11.9 Å². The largest absolute Gasteiger partial charge is 0.336 e. The van der Waals surface area contributed by atoms with Gasteiger partial charge in [0.1, 0.15) is 5.82 Å². The Bertz CT molecular complexity index is 505. The van der Waals surface area contributed by atoms with E-state index in [9.17, 15) is 4.39 Å². The van der Waals surface area contributed by atoms with Crippen molar-refractivity contribution >= 4 is 0 Å². The highest BCUT2D eigenvalue weighted by atomic mass is 19.1. The van der Waals surface area contributed by atoms with E-state index in [1.807, 2.05) is 17.7 Å². The molecule has 1 aromatic heterocycles. The van der Waals surface area contributed by atoms with Crippen molar-refractivity contribution in [2.75, 3.05) is 0 Å². The van der Waals surface area contributed by atoms with E-state index >= 15 is 0 Å². The predicted molar refractivity (Wildman–Crippen MR) is 60.4 cm³/mol. The molecular formula is C12H14FN3. The second-order valence-electron chi connectivity index (χ2n) is 3.92. The van der Waals surface area contributed by atoms with Crippen LogP contribution in [-0.2, 0) is 7.05 Å². The van der Waals surface area contributed by atoms with Gasteiger partial charge in [0.25, 0.3) is 0 Å². The van der Waals surface area contributed by atoms with Crippen molar-refractivity contribution in [3.05, 3.63) is 53.4 Å². The molecular weight excluding hydrogens is 205 g/mol. The number of aryl methyl sites for hydroxylation is 2. The lowest BCUT2D eigenvalue weighted by molar-refractivity contribution is 0.613. The molecule has 1 unspecified atom stereocenters. The summed E-state index contributed by atoms with van der Waals surface area (Å²) in [5.41, 5.74) is 8.30. The van der Waals surface area contributed by atoms with E-state index in [2.05, 4.69) is 4.98 Å². The lowest BCUT2D eigenvalue weighted by Gasteiger charge is -2.13. The van der Waals surface area contributed by atoms with Crippen LogP contribution in [0.3, 0.4) is 0 Å². The lowest BCUT2D eigenvalue weighted by atomic mass is 10.0. The maximum Gasteiger partial charge on any atom is 0.126 e. The number of hydrogen-bond acceptors (Lipinski definition) is 2. The summed E-state index contributed by atoms with van der Waals surface area (Å²) < 4.78 is 15.2. The molecule has 1 atom stereocenters. The van der Waals surface area contributed by atoms with Crippen LogP contribution in [0.25, 0.3) is 0 Å². The molecule has 0 fully saturated rings. The van der Waals surface area contributed by atoms with Crippen LogP contribution < -0.4 is 5.73 Å². The topological polar surface area (TPSA) is 43.8 Å². The number of nitrogens with zero attached hydrogens (tertiary/aromatic N) is 2. The van der Waals surface area contributed by atoms with Gasteiger partial charge in [-0.25, -0.2) is 9.37 Å². The summed E-state index contributed by atoms with van der Waals surface area (Å²) in [6.45, 7) is 1.73. The Morgan fingerprint density at radius 1 is 1.44 bits per heavy atom. The fraction of sp³-hybridized carbons (Fsp3) is 0.250. The average Bonchev–Trinajstić information content (AvgIpc) is 2.67. The van der Waals surface area contributed by atoms with Gasteiger partial charge in [0.2, 0.25) is 0 Å². The van der Waals surface area contributed by atoms with Gasteiger partial charge in [0.05, 0.1) is 24.3 Å². The summed E-state index contributed by atoms with van der Waals surface area (Å²) in [4.78, 5) is 4.00. The molecule has 0 radical (unpaired) electrons. The van der Waals surface area contributed by atoms with Crippen molar-refractivity contribution in [1.29, 1.82) is 0 Å². The van der Waals surface area contributed by atoms with Crippen molar-refractivity contribution < 1.29 is 4.39 Å². The van der Waals surface area contributed by atoms with Crippen molar-refractivity contribution in [2.24, 2.45) is 12.8 Å². The molecule has 1 aromatic carbocycles. The van der Waals surface area contributed by atoms with Crippen LogP contribution in [-0.4, -0.2) is 9.55 Å². The second-order valence-corrected chi connectivity index (χ2v) is 3.92. The van der Waals surface area contributed by atoms with Gasteiger partial charge in [-0.3, -0.25) is 0 Å². The number of imidazole rings is 1. The Kier molecular flexibility index (Phi) is 2.75. The lowest BCUT2D eigenvalue weighted by Crippen LogP contribution is -2.15. The van der Waals surface area contributed by atoms with Gasteiger partial charge in [-0.1, -0.05) is 12.1 Å². The normalized spacial score (nSPS) is 12.8. The molecule has 3 nitrogen and oxygen atoms in total. The van der Waals surface area contributed by atoms with Crippen LogP contribution in [0.5, 0.6) is 0 Å². The summed E-state index contributed by atoms with van der Waals surface area (Å²) in [5.74, 6) is -0.227. The van der Waals surface area contributed by atoms with Gasteiger partial charge in [-0.15, -0.1) is 0 Å². The third kappa shape index (κ3) is 1.84. The van der Waals surface area contributed by atoms with Crippen LogP contribution in [0.2, 0.25) is 0 Å². The van der Waals surface area contributed by atoms with E-state index in [4.69, 9.17) is 5.73 Å². The van der Waals surface area contributed by atoms with E-state index < -0.39 is 0 Å². The zero-order chi connectivity index (χ0) is 11.7. The van der Waals surface area contributed by atoms with Crippen LogP contribution in [0.15, 0.2) is 30.7 Å². The summed E-state index contributed by atoms with van der Waals surface area (Å²) in [5, 5.41) is 0. The number of halogens is 1. The van der Waals surface area contributed by atoms with Gasteiger partial charge in [-0.05, 0) is 24.1 Å². The Hall–Kier alpha value is -1.68. The number of hydrogen-bond donors (Lipinski definition) is 1. The third-order valence-electron chi connectivity index (χ3n) is 2.73. The molecule has 2 aromatic rings. The molecule has 1 heterocycles. The Morgan fingerprint density at radius 2 is 2.19 bits per heavy atom. The summed E-state index contributed by atoms with van der Waals surface area (Å²) in [7, 11) is 1.87. The van der Waals surface area contributed by atoms with Crippen LogP contribution >= 0.6 is 0 Å². The highest BCUT2D eigenvalue weighted by molar-refractivity contribution is 5.30. The number of aromatic nitrogens is 2. The fourth-order valence-electron chi connectivity index (χ4n) is 1.64. The van der Waals surface area contributed by atoms with E-state index in [1.165, 1.54) is 6.07 Å². The first-order valence-corrected chi connectivity index (χ1v) is 5.07. The van der Waals surface area contributed by atoms with E-state index in [0.29, 0.717) is 5.56 Å². The van der Waals surface area contributed by atoms with Gasteiger partial charge in [-0.2, -0.15) is 0 Å². The minimum atomic E-state index is -0.345. The van der Waals surface area contributed by atoms with Crippen molar-refractivity contribution in [3.8, 4) is 0 Å². The smallest absolute Gasteiger partial charge is 0.126 e. The zero-order valence-corrected chi connectivity index (χ0v) is 9.31. The molecule has 0 aliphatic carbocycles. The maximum atomic E-state index is 13.4. The first-order valence-electron chi connectivity index (χ1n) is 5.07. The SMILES string of the molecule is Cc1ccc(C(N)c2cncn2C)cc1F. The maximum absolute atomic E-state index is 13.4. The van der Waals surface area contributed by atoms with Crippen LogP contribution in [0.1, 0.15) is 22.9 Å². The fourth-order valence-corrected chi connectivity index (χ4v) is 1.64. The zero-order valence-electron chi connectivity index (χ0n) is 9.31. The van der Waals surface area contributed by atoms with Gasteiger partial charge in [0.15, 0.2) is 0 Å². The minimum absolute atomic E-state index is 0.227. The molecule has 0 aliphatic rings. The molecule has 16 heavy (non-hydrogen) atoms. The first-order chi connectivity index (χ1) is 7.59. The Balaban J connectivity index is 2.38. The minimum Gasteiger partial charge on any atom is -0.336 e. The van der Waals surface area contributed by atoms with Crippen molar-refractivity contribution in [3.63, 3.8) is 0 Å². The average molecular weight is 219 g/mol. The van der Waals surface area contributed by atoms with Crippen molar-refractivity contribution in [2.45, 2.75) is 13.0 Å². The Labute approximate surface area is 93.7 Å². The molecule has 0 spiro atoms. The number of rotatable bonds is 2. The van der Waals surface area contributed by atoms with Gasteiger partial charge in [0, 0.05) is 7.05 Å². The number of benzene rings is 1. The molecule has 0 bridgehead atoms. The molecule has 2 rings (SSSR count). The second kappa shape index (κ2) is 4.06. The van der Waals surface area contributed by atoms with Gasteiger partial charge < -0.3 is 10.3 Å². The van der Waals surface area contributed by atoms with E-state index in [1.54, 1.807) is 25.5 Å². The molecule has 0 saturated heterocycles. The predicted octanol–water partition coefficient (Wildman–Crippen LogP) is 1.92. The Morgan fingerprint density at radius 3 is 2.75 bits per heavy atom. The third-order valence-corrected chi connectivity index (χ3v) is 2.73. The van der Waals surface area contributed by atoms with E-state index in [0.717, 1.165) is 11.3 Å². The molecule has 0 saturated carbocycles. The molecule has 4 heteroatoms. The number of nitrogens with two attached hydrogens (primary N) is 1. The standard InChI is InChI=1S/C12H14FN3/c1-8-3-4-9(5-10(8)13)12(14)11-6-15-7-16(11)2/h3-7,12H,14H2,1-2H3. The first kappa shape index (κ1) is 10.8. The highest BCUT2D eigenvalue weighted by Gasteiger charge is 2.13. The van der Waals surface area contributed by atoms with Crippen LogP contribution in [0.4, 0.5) is 4.39 Å². The summed E-state index contributed by atoms with van der Waals surface area (Å²) in [6, 6.07) is 4.71. The van der Waals surface area contributed by atoms with Gasteiger partial charge >= 0.3 is 0 Å². The van der Waals surface area contributed by atoms with Crippen LogP contribution in [0, 0.1) is 12.7 Å². The molecule has 0 aliphatic heterocycles.